The number of fused-ring (bicyclic) bond motifs is 4. The number of carbonyl (C=O) groups is 2. The number of pyridine rings is 2. The van der Waals surface area contributed by atoms with E-state index in [1.54, 1.807) is 12.4 Å². The Morgan fingerprint density at radius 1 is 0.625 bits per heavy atom. The summed E-state index contributed by atoms with van der Waals surface area (Å²) in [5.41, 5.74) is 6.42. The van der Waals surface area contributed by atoms with Gasteiger partial charge in [0.1, 0.15) is 39.6 Å². The van der Waals surface area contributed by atoms with Crippen molar-refractivity contribution >= 4 is 72.7 Å². The van der Waals surface area contributed by atoms with Gasteiger partial charge in [0.25, 0.3) is 0 Å². The fourth-order valence-corrected chi connectivity index (χ4v) is 10.3. The summed E-state index contributed by atoms with van der Waals surface area (Å²) in [7, 11) is 0. The van der Waals surface area contributed by atoms with Crippen molar-refractivity contribution in [3.05, 3.63) is 131 Å². The first kappa shape index (κ1) is 52.1. The maximum atomic E-state index is 12.2. The van der Waals surface area contributed by atoms with Crippen LogP contribution in [0.25, 0.3) is 66.1 Å². The van der Waals surface area contributed by atoms with Gasteiger partial charge in [-0.25, -0.2) is 0 Å². The van der Waals surface area contributed by atoms with Crippen molar-refractivity contribution in [3.63, 3.8) is 0 Å². The van der Waals surface area contributed by atoms with Gasteiger partial charge < -0.3 is 34.5 Å². The van der Waals surface area contributed by atoms with Crippen LogP contribution in [0.1, 0.15) is 91.2 Å². The van der Waals surface area contributed by atoms with Crippen LogP contribution in [-0.4, -0.2) is 74.6 Å². The Morgan fingerprint density at radius 3 is 1.50 bits per heavy atom. The van der Waals surface area contributed by atoms with E-state index in [0.29, 0.717) is 35.4 Å². The lowest BCUT2D eigenvalue weighted by Gasteiger charge is -2.32. The number of para-hydroxylation sites is 2. The number of benzene rings is 4. The fraction of sp³-hybridized carbons (Fsp3) is 0.379. The molecule has 0 aliphatic carbocycles. The summed E-state index contributed by atoms with van der Waals surface area (Å²) in [5, 5.41) is 18.5. The maximum Gasteiger partial charge on any atom is 0.306 e. The van der Waals surface area contributed by atoms with Gasteiger partial charge >= 0.3 is 11.9 Å². The number of nitrogens with two attached hydrogens (primary N) is 1. The van der Waals surface area contributed by atoms with Crippen LogP contribution in [0.4, 0.5) is 5.69 Å². The van der Waals surface area contributed by atoms with Crippen LogP contribution in [0, 0.1) is 17.0 Å². The van der Waals surface area contributed by atoms with Crippen molar-refractivity contribution in [2.75, 3.05) is 26.2 Å². The summed E-state index contributed by atoms with van der Waals surface area (Å²) < 4.78 is 23.3. The van der Waals surface area contributed by atoms with Gasteiger partial charge in [-0.05, 0) is 164 Å². The van der Waals surface area contributed by atoms with Crippen LogP contribution in [-0.2, 0) is 32.2 Å². The Balaban J connectivity index is 0.000000190. The van der Waals surface area contributed by atoms with Crippen molar-refractivity contribution in [1.29, 1.82) is 0 Å². The molecule has 0 spiro atoms. The average molecular weight is 997 g/mol. The number of likely N-dealkylation sites (tertiary alicyclic amines) is 2. The molecule has 0 amide bonds. The van der Waals surface area contributed by atoms with Gasteiger partial charge in [0.2, 0.25) is 0 Å². The number of ether oxygens (including phenoxy) is 2. The highest BCUT2D eigenvalue weighted by atomic mass is 35.5. The van der Waals surface area contributed by atoms with Gasteiger partial charge in [-0.15, -0.1) is 0 Å². The van der Waals surface area contributed by atoms with Crippen LogP contribution in [0.15, 0.2) is 119 Å². The number of piperidine rings is 2. The topological polar surface area (TPSA) is 182 Å². The third-order valence-corrected chi connectivity index (χ3v) is 13.7. The lowest BCUT2D eigenvalue weighted by Crippen LogP contribution is -2.70. The van der Waals surface area contributed by atoms with Crippen molar-refractivity contribution in [1.82, 2.24) is 19.8 Å². The number of nitrogens with zero attached hydrogens (tertiary/aromatic N) is 4. The van der Waals surface area contributed by atoms with E-state index in [0.717, 1.165) is 148 Å². The van der Waals surface area contributed by atoms with Crippen LogP contribution >= 0.6 is 11.6 Å². The number of esters is 2. The molecule has 4 N–H and O–H groups in total. The zero-order valence-electron chi connectivity index (χ0n) is 42.1. The van der Waals surface area contributed by atoms with E-state index < -0.39 is 11.2 Å². The quantitative estimate of drug-likeness (QED) is 0.0739. The SMILES string of the molecule is CC(C)(C)OC(=O)CC1CCN(Cc2cc(Cl)c3cncc(-c4cc5ccccc5o4)c3c2)CC1.CC(C)(C)OC(=O)CC1CCN(Cc2cc([NH2+][O-])c3cncc(-c4cc5ccccc5o4)c3c2)CC1.O. The van der Waals surface area contributed by atoms with Crippen molar-refractivity contribution in [2.45, 2.75) is 104 Å². The second-order valence-corrected chi connectivity index (χ2v) is 21.7. The summed E-state index contributed by atoms with van der Waals surface area (Å²) >= 11 is 6.71. The molecule has 0 atom stereocenters. The average Bonchev–Trinajstić information content (AvgIpc) is 3.96. The molecule has 2 fully saturated rings. The van der Waals surface area contributed by atoms with Crippen molar-refractivity contribution < 1.29 is 38.9 Å². The molecule has 4 aromatic carbocycles. The molecule has 2 aliphatic rings. The van der Waals surface area contributed by atoms with Crippen molar-refractivity contribution in [3.8, 4) is 22.6 Å². The van der Waals surface area contributed by atoms with E-state index >= 15 is 0 Å². The molecular weight excluding hydrogens is 930 g/mol. The minimum Gasteiger partial charge on any atom is -0.630 e. The minimum absolute atomic E-state index is 0. The molecule has 0 bridgehead atoms. The zero-order chi connectivity index (χ0) is 49.9. The zero-order valence-corrected chi connectivity index (χ0v) is 42.9. The van der Waals surface area contributed by atoms with Gasteiger partial charge in [0, 0.05) is 89.5 Å². The predicted octanol–water partition coefficient (Wildman–Crippen LogP) is 11.7. The predicted molar refractivity (Wildman–Crippen MR) is 284 cm³/mol. The Labute approximate surface area is 425 Å². The van der Waals surface area contributed by atoms with E-state index in [1.807, 2.05) is 121 Å². The van der Waals surface area contributed by atoms with Crippen LogP contribution in [0.3, 0.4) is 0 Å². The molecule has 2 aliphatic heterocycles. The first-order chi connectivity index (χ1) is 34.0. The van der Waals surface area contributed by atoms with Crippen LogP contribution in [0.5, 0.6) is 0 Å². The van der Waals surface area contributed by atoms with Gasteiger partial charge in [0.05, 0.1) is 10.4 Å². The van der Waals surface area contributed by atoms with Crippen molar-refractivity contribution in [2.24, 2.45) is 11.8 Å². The molecule has 0 radical (unpaired) electrons. The lowest BCUT2D eigenvalue weighted by atomic mass is 9.93. The molecule has 0 unspecified atom stereocenters. The van der Waals surface area contributed by atoms with E-state index in [2.05, 4.69) is 38.0 Å². The monoisotopic (exact) mass is 995 g/mol. The highest BCUT2D eigenvalue weighted by molar-refractivity contribution is 6.36. The Bertz CT molecular complexity index is 3110. The molecule has 13 nitrogen and oxygen atoms in total. The smallest absolute Gasteiger partial charge is 0.306 e. The largest absolute Gasteiger partial charge is 0.630 e. The summed E-state index contributed by atoms with van der Waals surface area (Å²) in [6.07, 6.45) is 12.1. The first-order valence-electron chi connectivity index (χ1n) is 24.8. The third-order valence-electron chi connectivity index (χ3n) is 13.3. The van der Waals surface area contributed by atoms with E-state index in [1.165, 1.54) is 0 Å². The summed E-state index contributed by atoms with van der Waals surface area (Å²) in [5.74, 6) is 2.06. The molecular formula is C58H66ClN5O8. The van der Waals surface area contributed by atoms with Gasteiger partial charge in [-0.3, -0.25) is 29.4 Å². The highest BCUT2D eigenvalue weighted by Crippen LogP contribution is 2.38. The van der Waals surface area contributed by atoms with Gasteiger partial charge in [-0.2, -0.15) is 0 Å². The standard InChI is InChI=1S/C29H31ClN2O3.C29H33N3O4.H2O/c1-29(2,3)35-28(33)14-19-8-10-32(11-9-19)18-20-12-22-23(25(30)13-20)16-31-17-24(22)27-15-21-6-4-5-7-26(21)34-27;1-29(2,3)36-28(33)14-19-8-10-32(11-9-19)18-20-12-22-23(25(13-20)31-34)16-30-17-24(22)27-15-21-6-4-5-7-26(21)35-27;/h4-7,12-13,15-17,19H,8-11,14,18H2,1-3H3;4-7,12-13,15-17,19H,8-11,14,18,31H2,1-3H3;1H2. The molecule has 2 saturated heterocycles. The number of quaternary nitrogens is 1. The van der Waals surface area contributed by atoms with Crippen LogP contribution < -0.4 is 5.48 Å². The number of rotatable bonds is 11. The first-order valence-corrected chi connectivity index (χ1v) is 25.2. The molecule has 10 rings (SSSR count). The number of furan rings is 2. The second kappa shape index (κ2) is 22.3. The maximum absolute atomic E-state index is 12.2. The molecule has 14 heteroatoms. The Morgan fingerprint density at radius 2 is 1.06 bits per heavy atom. The third kappa shape index (κ3) is 12.9. The molecule has 0 saturated carbocycles. The Hall–Kier alpha value is -6.19. The van der Waals surface area contributed by atoms with Crippen LogP contribution in [0.2, 0.25) is 5.02 Å². The minimum atomic E-state index is -0.444. The van der Waals surface area contributed by atoms with E-state index in [4.69, 9.17) is 29.9 Å². The van der Waals surface area contributed by atoms with Gasteiger partial charge in [0.15, 0.2) is 0 Å². The number of hydrogen-bond donors (Lipinski definition) is 1. The molecule has 6 heterocycles. The highest BCUT2D eigenvalue weighted by Gasteiger charge is 2.27. The summed E-state index contributed by atoms with van der Waals surface area (Å²) in [4.78, 5) is 38.1. The second-order valence-electron chi connectivity index (χ2n) is 21.3. The summed E-state index contributed by atoms with van der Waals surface area (Å²) in [6, 6.07) is 28.4. The number of halogens is 1. The number of hydrogen-bond acceptors (Lipinski definition) is 11. The lowest BCUT2D eigenvalue weighted by molar-refractivity contribution is -0.495. The fourth-order valence-electron chi connectivity index (χ4n) is 10.00. The normalized spacial score (nSPS) is 15.4. The number of aromatic nitrogens is 2. The molecule has 4 aromatic heterocycles. The van der Waals surface area contributed by atoms with E-state index in [-0.39, 0.29) is 17.4 Å². The Kier molecular flexibility index (Phi) is 16.1. The van der Waals surface area contributed by atoms with E-state index in [9.17, 15) is 14.8 Å². The number of carbonyl (C=O) groups excluding carboxylic acids is 2. The molecule has 8 aromatic rings. The molecule has 72 heavy (non-hydrogen) atoms. The summed E-state index contributed by atoms with van der Waals surface area (Å²) in [6.45, 7) is 16.7. The van der Waals surface area contributed by atoms with Gasteiger partial charge in [-0.1, -0.05) is 48.0 Å². The molecule has 378 valence electrons.